The fourth-order valence-electron chi connectivity index (χ4n) is 1.61. The lowest BCUT2D eigenvalue weighted by atomic mass is 10.0. The Hall–Kier alpha value is -0.610. The first-order valence-electron chi connectivity index (χ1n) is 4.81. The predicted octanol–water partition coefficient (Wildman–Crippen LogP) is 0.682. The molecule has 3 N–H and O–H groups in total. The number of nitrogens with two attached hydrogens (primary N) is 1. The molecule has 1 rings (SSSR count). The number of nitrogens with one attached hydrogen (secondary N) is 1. The normalized spacial score (nSPS) is 29.8. The molecule has 4 nitrogen and oxygen atoms in total. The molecule has 0 aliphatic carbocycles. The number of rotatable bonds is 2. The van der Waals surface area contributed by atoms with E-state index in [-0.39, 0.29) is 12.1 Å². The molecule has 2 atom stereocenters. The zero-order valence-electron chi connectivity index (χ0n) is 8.58. The molecule has 2 unspecified atom stereocenters. The summed E-state index contributed by atoms with van der Waals surface area (Å²) in [6, 6.07) is 0.277. The summed E-state index contributed by atoms with van der Waals surface area (Å²) in [6.45, 7) is 6.95. The Bertz CT molecular complexity index is 191. The third-order valence-electron chi connectivity index (χ3n) is 2.27. The van der Waals surface area contributed by atoms with Crippen LogP contribution in [0.3, 0.4) is 0 Å². The molecule has 0 bridgehead atoms. The lowest BCUT2D eigenvalue weighted by Crippen LogP contribution is -2.39. The van der Waals surface area contributed by atoms with Gasteiger partial charge in [0.05, 0.1) is 6.10 Å². The second-order valence-corrected chi connectivity index (χ2v) is 3.72. The third kappa shape index (κ3) is 2.67. The molecule has 1 aliphatic rings. The van der Waals surface area contributed by atoms with Crippen molar-refractivity contribution in [3.8, 4) is 0 Å². The van der Waals surface area contributed by atoms with Crippen molar-refractivity contribution >= 4 is 5.84 Å². The zero-order chi connectivity index (χ0) is 9.84. The summed E-state index contributed by atoms with van der Waals surface area (Å²) < 4.78 is 5.45. The van der Waals surface area contributed by atoms with Gasteiger partial charge in [0.25, 0.3) is 0 Å². The third-order valence-corrected chi connectivity index (χ3v) is 2.27. The van der Waals surface area contributed by atoms with Crippen molar-refractivity contribution in [3.63, 3.8) is 0 Å². The van der Waals surface area contributed by atoms with E-state index in [9.17, 15) is 0 Å². The Labute approximate surface area is 79.5 Å². The highest BCUT2D eigenvalue weighted by Crippen LogP contribution is 2.21. The largest absolute Gasteiger partial charge is 0.378 e. The molecule has 1 heterocycles. The van der Waals surface area contributed by atoms with E-state index in [0.717, 1.165) is 18.9 Å². The van der Waals surface area contributed by atoms with Gasteiger partial charge in [0.1, 0.15) is 5.84 Å². The number of hydrogen-bond acceptors (Lipinski definition) is 3. The summed E-state index contributed by atoms with van der Waals surface area (Å²) in [6.07, 6.45) is 1.24. The maximum atomic E-state index is 5.45. The van der Waals surface area contributed by atoms with Crippen molar-refractivity contribution < 1.29 is 4.74 Å². The molecule has 1 aliphatic heterocycles. The van der Waals surface area contributed by atoms with E-state index in [1.54, 1.807) is 0 Å². The van der Waals surface area contributed by atoms with Gasteiger partial charge in [-0.1, -0.05) is 0 Å². The van der Waals surface area contributed by atoms with Crippen LogP contribution >= 0.6 is 0 Å². The van der Waals surface area contributed by atoms with E-state index in [2.05, 4.69) is 17.3 Å². The Morgan fingerprint density at radius 2 is 2.31 bits per heavy atom. The van der Waals surface area contributed by atoms with Gasteiger partial charge in [-0.2, -0.15) is 0 Å². The summed E-state index contributed by atoms with van der Waals surface area (Å²) >= 11 is 0. The molecule has 0 radical (unpaired) electrons. The molecule has 13 heavy (non-hydrogen) atoms. The summed E-state index contributed by atoms with van der Waals surface area (Å²) in [5.41, 5.74) is 2.68. The van der Waals surface area contributed by atoms with Crippen LogP contribution < -0.4 is 11.3 Å². The highest BCUT2D eigenvalue weighted by atomic mass is 16.5. The van der Waals surface area contributed by atoms with E-state index in [4.69, 9.17) is 10.6 Å². The predicted molar refractivity (Wildman–Crippen MR) is 53.4 cm³/mol. The average Bonchev–Trinajstić information content (AvgIpc) is 2.47. The Balaban J connectivity index is 2.65. The maximum Gasteiger partial charge on any atom is 0.116 e. The fraction of sp³-hybridized carbons (Fsp3) is 0.889. The minimum atomic E-state index is 0.230. The van der Waals surface area contributed by atoms with Crippen molar-refractivity contribution in [1.82, 2.24) is 5.43 Å². The Kier molecular flexibility index (Phi) is 3.69. The van der Waals surface area contributed by atoms with Crippen LogP contribution in [0.1, 0.15) is 27.2 Å². The minimum Gasteiger partial charge on any atom is -0.378 e. The van der Waals surface area contributed by atoms with Gasteiger partial charge in [-0.15, -0.1) is 0 Å². The van der Waals surface area contributed by atoms with Crippen LogP contribution in [-0.4, -0.2) is 24.6 Å². The second-order valence-electron chi connectivity index (χ2n) is 3.72. The van der Waals surface area contributed by atoms with Crippen LogP contribution in [0, 0.1) is 5.92 Å². The molecule has 76 valence electrons. The van der Waals surface area contributed by atoms with Gasteiger partial charge in [-0.25, -0.2) is 5.84 Å². The maximum absolute atomic E-state index is 5.45. The number of aliphatic imine (C=N–C) groups is 1. The van der Waals surface area contributed by atoms with Gasteiger partial charge in [-0.3, -0.25) is 4.99 Å². The smallest absolute Gasteiger partial charge is 0.116 e. The molecule has 0 aromatic rings. The lowest BCUT2D eigenvalue weighted by molar-refractivity contribution is 0.116. The van der Waals surface area contributed by atoms with E-state index in [0.29, 0.717) is 5.92 Å². The number of hydrazine groups is 1. The SMILES string of the molecule is CC(C)N=C(NN)C1CCOC1C. The van der Waals surface area contributed by atoms with Crippen molar-refractivity contribution in [1.29, 1.82) is 0 Å². The van der Waals surface area contributed by atoms with Gasteiger partial charge in [0.2, 0.25) is 0 Å². The quantitative estimate of drug-likeness (QED) is 0.288. The highest BCUT2D eigenvalue weighted by molar-refractivity contribution is 5.84. The molecular weight excluding hydrogens is 166 g/mol. The zero-order valence-corrected chi connectivity index (χ0v) is 8.58. The first-order chi connectivity index (χ1) is 6.15. The molecule has 1 fully saturated rings. The molecule has 0 amide bonds. The number of hydrogen-bond donors (Lipinski definition) is 2. The van der Waals surface area contributed by atoms with E-state index < -0.39 is 0 Å². The summed E-state index contributed by atoms with van der Waals surface area (Å²) in [5.74, 6) is 6.64. The van der Waals surface area contributed by atoms with Crippen molar-refractivity contribution in [3.05, 3.63) is 0 Å². The Morgan fingerprint density at radius 1 is 1.62 bits per heavy atom. The topological polar surface area (TPSA) is 59.6 Å². The first kappa shape index (κ1) is 10.5. The van der Waals surface area contributed by atoms with Gasteiger partial charge < -0.3 is 10.2 Å². The van der Waals surface area contributed by atoms with Crippen LogP contribution in [-0.2, 0) is 4.74 Å². The molecule has 1 saturated heterocycles. The summed E-state index contributed by atoms with van der Waals surface area (Å²) in [4.78, 5) is 4.43. The molecule has 0 spiro atoms. The van der Waals surface area contributed by atoms with E-state index in [1.165, 1.54) is 0 Å². The first-order valence-corrected chi connectivity index (χ1v) is 4.81. The van der Waals surface area contributed by atoms with E-state index in [1.807, 2.05) is 13.8 Å². The summed E-state index contributed by atoms with van der Waals surface area (Å²) in [7, 11) is 0. The number of ether oxygens (including phenoxy) is 1. The molecule has 4 heteroatoms. The van der Waals surface area contributed by atoms with Crippen LogP contribution in [0.2, 0.25) is 0 Å². The van der Waals surface area contributed by atoms with Gasteiger partial charge in [0, 0.05) is 18.6 Å². The standard InChI is InChI=1S/C9H19N3O/c1-6(2)11-9(12-10)8-4-5-13-7(8)3/h6-8H,4-5,10H2,1-3H3,(H,11,12). The van der Waals surface area contributed by atoms with Gasteiger partial charge in [0.15, 0.2) is 0 Å². The highest BCUT2D eigenvalue weighted by Gasteiger charge is 2.28. The van der Waals surface area contributed by atoms with Crippen LogP contribution in [0.15, 0.2) is 4.99 Å². The summed E-state index contributed by atoms with van der Waals surface area (Å²) in [5, 5.41) is 0. The Morgan fingerprint density at radius 3 is 2.69 bits per heavy atom. The van der Waals surface area contributed by atoms with Crippen molar-refractivity contribution in [2.24, 2.45) is 16.8 Å². The van der Waals surface area contributed by atoms with Crippen LogP contribution in [0.25, 0.3) is 0 Å². The average molecular weight is 185 g/mol. The van der Waals surface area contributed by atoms with Crippen LogP contribution in [0.5, 0.6) is 0 Å². The molecular formula is C9H19N3O. The monoisotopic (exact) mass is 185 g/mol. The molecule has 0 aromatic carbocycles. The van der Waals surface area contributed by atoms with Crippen molar-refractivity contribution in [2.75, 3.05) is 6.61 Å². The molecule has 0 aromatic heterocycles. The molecule has 0 saturated carbocycles. The number of amidine groups is 1. The number of nitrogens with zero attached hydrogens (tertiary/aromatic N) is 1. The van der Waals surface area contributed by atoms with E-state index >= 15 is 0 Å². The fourth-order valence-corrected chi connectivity index (χ4v) is 1.61. The van der Waals surface area contributed by atoms with Gasteiger partial charge >= 0.3 is 0 Å². The minimum absolute atomic E-state index is 0.230. The van der Waals surface area contributed by atoms with Gasteiger partial charge in [-0.05, 0) is 27.2 Å². The van der Waals surface area contributed by atoms with Crippen molar-refractivity contribution in [2.45, 2.75) is 39.3 Å². The second kappa shape index (κ2) is 4.58. The lowest BCUT2D eigenvalue weighted by Gasteiger charge is -2.17. The van der Waals surface area contributed by atoms with Crippen LogP contribution in [0.4, 0.5) is 0 Å².